The minimum Gasteiger partial charge on any atom is -0.488 e. The van der Waals surface area contributed by atoms with E-state index in [0.717, 1.165) is 22.6 Å². The lowest BCUT2D eigenvalue weighted by Crippen LogP contribution is -2.47. The van der Waals surface area contributed by atoms with Crippen LogP contribution in [0.25, 0.3) is 0 Å². The van der Waals surface area contributed by atoms with Crippen LogP contribution in [0, 0.1) is 5.92 Å². The fourth-order valence-electron chi connectivity index (χ4n) is 5.43. The van der Waals surface area contributed by atoms with E-state index in [4.69, 9.17) is 14.2 Å². The van der Waals surface area contributed by atoms with Gasteiger partial charge in [-0.25, -0.2) is 0 Å². The molecule has 0 spiro atoms. The number of ether oxygens (including phenoxy) is 3. The van der Waals surface area contributed by atoms with Gasteiger partial charge in [0, 0.05) is 36.8 Å². The highest BCUT2D eigenvalue weighted by atomic mass is 16.7. The van der Waals surface area contributed by atoms with Crippen LogP contribution in [0.15, 0.2) is 66.7 Å². The topological polar surface area (TPSA) is 101 Å². The number of fused-ring (bicyclic) bond motifs is 2. The van der Waals surface area contributed by atoms with Crippen molar-refractivity contribution in [1.29, 1.82) is 0 Å². The van der Waals surface area contributed by atoms with Crippen LogP contribution in [0.1, 0.15) is 30.5 Å². The zero-order chi connectivity index (χ0) is 29.6. The van der Waals surface area contributed by atoms with Gasteiger partial charge in [-0.1, -0.05) is 43.3 Å². The number of aliphatic hydroxyl groups is 1. The molecule has 2 aliphatic rings. The van der Waals surface area contributed by atoms with Crippen LogP contribution in [-0.4, -0.2) is 72.4 Å². The van der Waals surface area contributed by atoms with E-state index in [-0.39, 0.29) is 56.1 Å². The maximum absolute atomic E-state index is 13.5. The lowest BCUT2D eigenvalue weighted by atomic mass is 10.0. The van der Waals surface area contributed by atoms with E-state index in [1.165, 1.54) is 0 Å². The molecule has 3 atom stereocenters. The Morgan fingerprint density at radius 1 is 1.05 bits per heavy atom. The normalized spacial score (nSPS) is 18.9. The first-order valence-electron chi connectivity index (χ1n) is 14.4. The quantitative estimate of drug-likeness (QED) is 0.401. The largest absolute Gasteiger partial charge is 0.488 e. The first-order valence-corrected chi connectivity index (χ1v) is 14.4. The van der Waals surface area contributed by atoms with E-state index in [2.05, 4.69) is 17.1 Å². The van der Waals surface area contributed by atoms with Gasteiger partial charge in [0.15, 0.2) is 11.5 Å². The number of amides is 2. The number of benzene rings is 3. The summed E-state index contributed by atoms with van der Waals surface area (Å²) in [6.07, 6.45) is 0.125. The summed E-state index contributed by atoms with van der Waals surface area (Å²) in [6, 6.07) is 20.7. The van der Waals surface area contributed by atoms with E-state index in [1.807, 2.05) is 80.7 Å². The third kappa shape index (κ3) is 7.21. The summed E-state index contributed by atoms with van der Waals surface area (Å²) >= 11 is 0. The van der Waals surface area contributed by atoms with E-state index < -0.39 is 0 Å². The number of hydrogen-bond donors (Lipinski definition) is 2. The van der Waals surface area contributed by atoms with Gasteiger partial charge < -0.3 is 29.5 Å². The number of nitrogens with zero attached hydrogens (tertiary/aromatic N) is 2. The maximum Gasteiger partial charge on any atom is 0.231 e. The van der Waals surface area contributed by atoms with Crippen LogP contribution in [0.2, 0.25) is 0 Å². The molecule has 2 heterocycles. The first-order chi connectivity index (χ1) is 20.3. The summed E-state index contributed by atoms with van der Waals surface area (Å²) in [7, 11) is 2.04. The van der Waals surface area contributed by atoms with Gasteiger partial charge in [-0.15, -0.1) is 0 Å². The molecule has 2 N–H and O–H groups in total. The zero-order valence-electron chi connectivity index (χ0n) is 24.4. The maximum atomic E-state index is 13.5. The van der Waals surface area contributed by atoms with Crippen LogP contribution < -0.4 is 19.5 Å². The molecular weight excluding hydrogens is 534 g/mol. The molecule has 0 bridgehead atoms. The first kappa shape index (κ1) is 29.4. The van der Waals surface area contributed by atoms with Crippen LogP contribution in [0.3, 0.4) is 0 Å². The standard InChI is InChI=1S/C33H39N3O6/c1-22-17-36(23(2)20-37)33(39)16-26-15-27(34-32(38)14-24-7-5-4-6-8-24)10-12-28(26)42-31(22)19-35(3)18-25-9-11-29-30(13-25)41-21-40-29/h4-13,15,22-23,31,37H,14,16-21H2,1-3H3,(H,34,38)/t22-,23+,31+/m0/s1. The molecule has 0 saturated heterocycles. The van der Waals surface area contributed by atoms with Gasteiger partial charge in [0.2, 0.25) is 18.6 Å². The third-order valence-electron chi connectivity index (χ3n) is 7.79. The second kappa shape index (κ2) is 13.3. The van der Waals surface area contributed by atoms with Crippen molar-refractivity contribution in [3.05, 3.63) is 83.4 Å². The molecule has 2 amide bonds. The average Bonchev–Trinajstić information content (AvgIpc) is 3.45. The number of likely N-dealkylation sites (N-methyl/N-ethyl adjacent to an activating group) is 1. The molecule has 42 heavy (non-hydrogen) atoms. The van der Waals surface area contributed by atoms with Crippen molar-refractivity contribution in [2.24, 2.45) is 5.92 Å². The summed E-state index contributed by atoms with van der Waals surface area (Å²) in [5.41, 5.74) is 3.33. The van der Waals surface area contributed by atoms with Gasteiger partial charge in [-0.05, 0) is 55.4 Å². The smallest absolute Gasteiger partial charge is 0.231 e. The van der Waals surface area contributed by atoms with Crippen molar-refractivity contribution in [3.8, 4) is 17.2 Å². The minimum absolute atomic E-state index is 0.0154. The van der Waals surface area contributed by atoms with Gasteiger partial charge in [0.25, 0.3) is 0 Å². The molecular formula is C33H39N3O6. The monoisotopic (exact) mass is 573 g/mol. The van der Waals surface area contributed by atoms with Crippen LogP contribution in [0.5, 0.6) is 17.2 Å². The molecule has 0 aromatic heterocycles. The molecule has 0 saturated carbocycles. The molecule has 9 heteroatoms. The van der Waals surface area contributed by atoms with Gasteiger partial charge >= 0.3 is 0 Å². The molecule has 0 fully saturated rings. The van der Waals surface area contributed by atoms with Gasteiger partial charge in [0.1, 0.15) is 11.9 Å². The highest BCUT2D eigenvalue weighted by Gasteiger charge is 2.31. The van der Waals surface area contributed by atoms with Crippen molar-refractivity contribution in [2.75, 3.05) is 38.9 Å². The lowest BCUT2D eigenvalue weighted by Gasteiger charge is -2.34. The Bertz CT molecular complexity index is 1400. The molecule has 9 nitrogen and oxygen atoms in total. The molecule has 222 valence electrons. The predicted octanol–water partition coefficient (Wildman–Crippen LogP) is 3.88. The molecule has 0 radical (unpaired) electrons. The molecule has 5 rings (SSSR count). The Labute approximate surface area is 247 Å². The van der Waals surface area contributed by atoms with Crippen molar-refractivity contribution in [1.82, 2.24) is 9.80 Å². The van der Waals surface area contributed by atoms with E-state index >= 15 is 0 Å². The molecule has 3 aromatic carbocycles. The fourth-order valence-corrected chi connectivity index (χ4v) is 5.43. The summed E-state index contributed by atoms with van der Waals surface area (Å²) in [5.74, 6) is 1.89. The fraction of sp³-hybridized carbons (Fsp3) is 0.394. The summed E-state index contributed by atoms with van der Waals surface area (Å²) in [4.78, 5) is 30.2. The molecule has 0 aliphatic carbocycles. The van der Waals surface area contributed by atoms with Gasteiger partial charge in [-0.3, -0.25) is 14.5 Å². The Morgan fingerprint density at radius 2 is 1.81 bits per heavy atom. The Hall–Kier alpha value is -4.08. The number of hydrogen-bond acceptors (Lipinski definition) is 7. The summed E-state index contributed by atoms with van der Waals surface area (Å²) < 4.78 is 17.6. The molecule has 2 aliphatic heterocycles. The predicted molar refractivity (Wildman–Crippen MR) is 160 cm³/mol. The van der Waals surface area contributed by atoms with Crippen molar-refractivity contribution < 1.29 is 28.9 Å². The highest BCUT2D eigenvalue weighted by molar-refractivity contribution is 5.92. The second-order valence-corrected chi connectivity index (χ2v) is 11.3. The SMILES string of the molecule is C[C@H](CO)N1C[C@H](C)[C@@H](CN(C)Cc2ccc3c(c2)OCO3)Oc2ccc(NC(=O)Cc3ccccc3)cc2CC1=O. The van der Waals surface area contributed by atoms with Crippen molar-refractivity contribution in [2.45, 2.75) is 45.4 Å². The zero-order valence-corrected chi connectivity index (χ0v) is 24.4. The van der Waals surface area contributed by atoms with Crippen LogP contribution in [-0.2, 0) is 29.0 Å². The van der Waals surface area contributed by atoms with Gasteiger partial charge in [0.05, 0.1) is 25.5 Å². The molecule has 0 unspecified atom stereocenters. The lowest BCUT2D eigenvalue weighted by molar-refractivity contribution is -0.134. The number of nitrogens with one attached hydrogen (secondary N) is 1. The average molecular weight is 574 g/mol. The summed E-state index contributed by atoms with van der Waals surface area (Å²) in [5, 5.41) is 12.9. The minimum atomic E-state index is -0.331. The molecule has 3 aromatic rings. The Balaban J connectivity index is 1.35. The third-order valence-corrected chi connectivity index (χ3v) is 7.79. The number of anilines is 1. The van der Waals surface area contributed by atoms with Crippen molar-refractivity contribution in [3.63, 3.8) is 0 Å². The van der Waals surface area contributed by atoms with E-state index in [9.17, 15) is 14.7 Å². The van der Waals surface area contributed by atoms with E-state index in [0.29, 0.717) is 36.6 Å². The van der Waals surface area contributed by atoms with E-state index in [1.54, 1.807) is 4.90 Å². The Morgan fingerprint density at radius 3 is 2.60 bits per heavy atom. The number of carbonyl (C=O) groups excluding carboxylic acids is 2. The van der Waals surface area contributed by atoms with Gasteiger partial charge in [-0.2, -0.15) is 0 Å². The highest BCUT2D eigenvalue weighted by Crippen LogP contribution is 2.33. The van der Waals surface area contributed by atoms with Crippen molar-refractivity contribution >= 4 is 17.5 Å². The van der Waals surface area contributed by atoms with Crippen LogP contribution >= 0.6 is 0 Å². The van der Waals surface area contributed by atoms with Crippen LogP contribution in [0.4, 0.5) is 5.69 Å². The number of rotatable bonds is 9. The second-order valence-electron chi connectivity index (χ2n) is 11.3. The Kier molecular flexibility index (Phi) is 9.29. The number of carbonyl (C=O) groups is 2. The summed E-state index contributed by atoms with van der Waals surface area (Å²) in [6.45, 7) is 5.78. The number of aliphatic hydroxyl groups excluding tert-OH is 1.